The van der Waals surface area contributed by atoms with Crippen molar-refractivity contribution in [3.63, 3.8) is 0 Å². The van der Waals surface area contributed by atoms with Crippen LogP contribution in [0.2, 0.25) is 0 Å². The second-order valence-corrected chi connectivity index (χ2v) is 7.50. The number of likely N-dealkylation sites (tertiary alicyclic amines) is 1. The maximum atomic E-state index is 5.93. The van der Waals surface area contributed by atoms with E-state index in [0.29, 0.717) is 6.10 Å². The maximum absolute atomic E-state index is 5.93. The van der Waals surface area contributed by atoms with Crippen molar-refractivity contribution in [3.8, 4) is 0 Å². The second kappa shape index (κ2) is 9.12. The normalized spacial score (nSPS) is 29.1. The number of ether oxygens (including phenoxy) is 1. The van der Waals surface area contributed by atoms with Crippen molar-refractivity contribution in [3.05, 3.63) is 0 Å². The maximum Gasteiger partial charge on any atom is 0.0594 e. The Balaban J connectivity index is 1.59. The summed E-state index contributed by atoms with van der Waals surface area (Å²) in [5, 5.41) is 3.15. The van der Waals surface area contributed by atoms with Gasteiger partial charge in [-0.1, -0.05) is 13.8 Å². The molecule has 0 aromatic rings. The molecular formula is C18H36N2O. The Bertz CT molecular complexity index is 266. The van der Waals surface area contributed by atoms with Crippen LogP contribution in [-0.2, 0) is 4.74 Å². The molecule has 3 heteroatoms. The summed E-state index contributed by atoms with van der Waals surface area (Å²) in [5.41, 5.74) is 0. The molecule has 0 bridgehead atoms. The van der Waals surface area contributed by atoms with Gasteiger partial charge < -0.3 is 15.0 Å². The highest BCUT2D eigenvalue weighted by Gasteiger charge is 2.26. The molecule has 0 aromatic heterocycles. The van der Waals surface area contributed by atoms with Crippen LogP contribution in [0.3, 0.4) is 0 Å². The van der Waals surface area contributed by atoms with Gasteiger partial charge in [0, 0.05) is 13.1 Å². The first-order valence-corrected chi connectivity index (χ1v) is 9.17. The molecule has 1 aliphatic heterocycles. The number of hydrogen-bond donors (Lipinski definition) is 1. The van der Waals surface area contributed by atoms with Gasteiger partial charge in [0.2, 0.25) is 0 Å². The lowest BCUT2D eigenvalue weighted by Gasteiger charge is -2.37. The fourth-order valence-corrected chi connectivity index (χ4v) is 3.98. The topological polar surface area (TPSA) is 24.5 Å². The van der Waals surface area contributed by atoms with Gasteiger partial charge in [-0.15, -0.1) is 0 Å². The molecule has 0 spiro atoms. The summed E-state index contributed by atoms with van der Waals surface area (Å²) in [6, 6.07) is 0. The molecule has 1 heterocycles. The predicted octanol–water partition coefficient (Wildman–Crippen LogP) is 3.15. The smallest absolute Gasteiger partial charge is 0.0594 e. The van der Waals surface area contributed by atoms with Crippen LogP contribution in [0.25, 0.3) is 0 Å². The highest BCUT2D eigenvalue weighted by atomic mass is 16.5. The summed E-state index contributed by atoms with van der Waals surface area (Å²) in [7, 11) is 1.99. The lowest BCUT2D eigenvalue weighted by molar-refractivity contribution is 0.0141. The monoisotopic (exact) mass is 296 g/mol. The van der Waals surface area contributed by atoms with Crippen LogP contribution in [0, 0.1) is 17.8 Å². The van der Waals surface area contributed by atoms with Crippen LogP contribution in [0.1, 0.15) is 52.4 Å². The van der Waals surface area contributed by atoms with Crippen LogP contribution in [0.5, 0.6) is 0 Å². The number of likely N-dealkylation sites (N-methyl/N-ethyl adjacent to an activating group) is 1. The van der Waals surface area contributed by atoms with Gasteiger partial charge in [0.1, 0.15) is 0 Å². The first kappa shape index (κ1) is 17.2. The SMILES string of the molecule is CNCCOC1CCC(CN2CCC(C(C)C)CC2)CC1. The van der Waals surface area contributed by atoms with Crippen LogP contribution in [0.15, 0.2) is 0 Å². The van der Waals surface area contributed by atoms with Crippen molar-refractivity contribution in [2.75, 3.05) is 39.8 Å². The average Bonchev–Trinajstić information content (AvgIpc) is 2.50. The third-order valence-corrected chi connectivity index (χ3v) is 5.59. The minimum Gasteiger partial charge on any atom is -0.377 e. The van der Waals surface area contributed by atoms with E-state index < -0.39 is 0 Å². The molecule has 1 saturated heterocycles. The van der Waals surface area contributed by atoms with Gasteiger partial charge in [-0.25, -0.2) is 0 Å². The van der Waals surface area contributed by atoms with E-state index in [1.165, 1.54) is 58.2 Å². The lowest BCUT2D eigenvalue weighted by atomic mass is 9.84. The minimum atomic E-state index is 0.529. The Labute approximate surface area is 131 Å². The van der Waals surface area contributed by atoms with Crippen molar-refractivity contribution >= 4 is 0 Å². The van der Waals surface area contributed by atoms with E-state index in [4.69, 9.17) is 4.74 Å². The molecule has 124 valence electrons. The molecule has 0 unspecified atom stereocenters. The number of nitrogens with one attached hydrogen (secondary N) is 1. The summed E-state index contributed by atoms with van der Waals surface area (Å²) < 4.78 is 5.93. The van der Waals surface area contributed by atoms with E-state index in [2.05, 4.69) is 24.1 Å². The Morgan fingerprint density at radius 2 is 1.71 bits per heavy atom. The Morgan fingerprint density at radius 3 is 2.29 bits per heavy atom. The highest BCUT2D eigenvalue weighted by Crippen LogP contribution is 2.29. The summed E-state index contributed by atoms with van der Waals surface area (Å²) in [6.07, 6.45) is 8.65. The summed E-state index contributed by atoms with van der Waals surface area (Å²) in [5.74, 6) is 2.76. The van der Waals surface area contributed by atoms with E-state index in [9.17, 15) is 0 Å². The third kappa shape index (κ3) is 5.88. The van der Waals surface area contributed by atoms with E-state index in [1.807, 2.05) is 7.05 Å². The number of rotatable bonds is 7. The fourth-order valence-electron chi connectivity index (χ4n) is 3.98. The first-order valence-electron chi connectivity index (χ1n) is 9.17. The van der Waals surface area contributed by atoms with E-state index >= 15 is 0 Å². The highest BCUT2D eigenvalue weighted by molar-refractivity contribution is 4.79. The molecule has 1 aliphatic carbocycles. The first-order chi connectivity index (χ1) is 10.2. The molecule has 0 aromatic carbocycles. The zero-order valence-corrected chi connectivity index (χ0v) is 14.4. The van der Waals surface area contributed by atoms with Gasteiger partial charge in [-0.05, 0) is 76.4 Å². The van der Waals surface area contributed by atoms with Crippen molar-refractivity contribution in [1.29, 1.82) is 0 Å². The average molecular weight is 296 g/mol. The Hall–Kier alpha value is -0.120. The summed E-state index contributed by atoms with van der Waals surface area (Å²) in [4.78, 5) is 2.73. The summed E-state index contributed by atoms with van der Waals surface area (Å²) >= 11 is 0. The summed E-state index contributed by atoms with van der Waals surface area (Å²) in [6.45, 7) is 10.6. The molecule has 0 atom stereocenters. The van der Waals surface area contributed by atoms with Crippen molar-refractivity contribution in [2.45, 2.75) is 58.5 Å². The Kier molecular flexibility index (Phi) is 7.48. The lowest BCUT2D eigenvalue weighted by Crippen LogP contribution is -2.39. The van der Waals surface area contributed by atoms with Crippen LogP contribution < -0.4 is 5.32 Å². The molecule has 1 saturated carbocycles. The van der Waals surface area contributed by atoms with Crippen LogP contribution >= 0.6 is 0 Å². The van der Waals surface area contributed by atoms with E-state index in [0.717, 1.165) is 30.9 Å². The molecule has 1 N–H and O–H groups in total. The van der Waals surface area contributed by atoms with Gasteiger partial charge in [0.05, 0.1) is 12.7 Å². The standard InChI is InChI=1S/C18H36N2O/c1-15(2)17-8-11-20(12-9-17)14-16-4-6-18(7-5-16)21-13-10-19-3/h15-19H,4-14H2,1-3H3. The number of hydrogen-bond acceptors (Lipinski definition) is 3. The van der Waals surface area contributed by atoms with Crippen LogP contribution in [-0.4, -0.2) is 50.8 Å². The van der Waals surface area contributed by atoms with Crippen molar-refractivity contribution < 1.29 is 4.74 Å². The molecule has 2 fully saturated rings. The van der Waals surface area contributed by atoms with Crippen molar-refractivity contribution in [2.24, 2.45) is 17.8 Å². The van der Waals surface area contributed by atoms with Gasteiger partial charge in [0.25, 0.3) is 0 Å². The zero-order chi connectivity index (χ0) is 15.1. The number of nitrogens with zero attached hydrogens (tertiary/aromatic N) is 1. The molecule has 2 rings (SSSR count). The Morgan fingerprint density at radius 1 is 1.05 bits per heavy atom. The molecular weight excluding hydrogens is 260 g/mol. The van der Waals surface area contributed by atoms with Gasteiger partial charge >= 0.3 is 0 Å². The van der Waals surface area contributed by atoms with Crippen LogP contribution in [0.4, 0.5) is 0 Å². The minimum absolute atomic E-state index is 0.529. The third-order valence-electron chi connectivity index (χ3n) is 5.59. The second-order valence-electron chi connectivity index (χ2n) is 7.50. The quantitative estimate of drug-likeness (QED) is 0.730. The number of piperidine rings is 1. The largest absolute Gasteiger partial charge is 0.377 e. The molecule has 0 amide bonds. The van der Waals surface area contributed by atoms with Crippen molar-refractivity contribution in [1.82, 2.24) is 10.2 Å². The fraction of sp³-hybridized carbons (Fsp3) is 1.00. The van der Waals surface area contributed by atoms with Gasteiger partial charge in [0.15, 0.2) is 0 Å². The van der Waals surface area contributed by atoms with E-state index in [1.54, 1.807) is 0 Å². The molecule has 21 heavy (non-hydrogen) atoms. The molecule has 2 aliphatic rings. The molecule has 0 radical (unpaired) electrons. The van der Waals surface area contributed by atoms with Gasteiger partial charge in [-0.2, -0.15) is 0 Å². The van der Waals surface area contributed by atoms with Gasteiger partial charge in [-0.3, -0.25) is 0 Å². The van der Waals surface area contributed by atoms with E-state index in [-0.39, 0.29) is 0 Å². The predicted molar refractivity (Wildman–Crippen MR) is 89.6 cm³/mol. The molecule has 3 nitrogen and oxygen atoms in total. The zero-order valence-electron chi connectivity index (χ0n) is 14.4.